The molecule has 1 aliphatic heterocycles. The maximum absolute atomic E-state index is 13.6. The summed E-state index contributed by atoms with van der Waals surface area (Å²) in [6.45, 7) is 4.35. The molecular formula is C31H29ClFN7O2. The second-order valence-electron chi connectivity index (χ2n) is 9.70. The molecule has 1 amide bonds. The average molecular weight is 586 g/mol. The molecule has 1 unspecified atom stereocenters. The molecular weight excluding hydrogens is 557 g/mol. The highest BCUT2D eigenvalue weighted by atomic mass is 35.5. The molecule has 1 aliphatic rings. The number of amides is 1. The van der Waals surface area contributed by atoms with Crippen LogP contribution < -0.4 is 21.7 Å². The lowest BCUT2D eigenvalue weighted by Crippen LogP contribution is -2.39. The van der Waals surface area contributed by atoms with Crippen LogP contribution >= 0.6 is 11.6 Å². The van der Waals surface area contributed by atoms with E-state index in [1.165, 1.54) is 24.4 Å². The lowest BCUT2D eigenvalue weighted by atomic mass is 9.95. The molecule has 3 aromatic carbocycles. The number of anilines is 1. The fourth-order valence-electron chi connectivity index (χ4n) is 4.44. The molecule has 11 heteroatoms. The Hall–Kier alpha value is -4.96. The third-order valence-electron chi connectivity index (χ3n) is 6.55. The standard InChI is InChI=1S/C31H29ClFN7O2/c1-18-8-10-23(24(32)12-18)28-27(29(41)36-17-21(14-34)16-35-15-20-6-4-3-5-7-20)19(2)37-30(39-28)40-31-38-25-11-9-22(33)13-26(25)42-31/h3-14,16,28H,15,17,34H2,1-2H3,(H,36,41)(H2,37,38,39,40). The molecule has 5 rings (SSSR count). The molecule has 2 heterocycles. The summed E-state index contributed by atoms with van der Waals surface area (Å²) in [6, 6.07) is 18.8. The van der Waals surface area contributed by atoms with Gasteiger partial charge in [0.1, 0.15) is 17.4 Å². The fraction of sp³-hybridized carbons (Fsp3) is 0.161. The van der Waals surface area contributed by atoms with Crippen molar-refractivity contribution in [1.82, 2.24) is 15.6 Å². The summed E-state index contributed by atoms with van der Waals surface area (Å²) in [4.78, 5) is 27.1. The largest absolute Gasteiger partial charge is 0.423 e. The van der Waals surface area contributed by atoms with Gasteiger partial charge in [0.25, 0.3) is 5.91 Å². The highest BCUT2D eigenvalue weighted by Gasteiger charge is 2.31. The molecule has 0 saturated carbocycles. The van der Waals surface area contributed by atoms with Gasteiger partial charge in [0.05, 0.1) is 12.1 Å². The van der Waals surface area contributed by atoms with Crippen LogP contribution in [0.5, 0.6) is 0 Å². The molecule has 9 nitrogen and oxygen atoms in total. The molecule has 0 saturated heterocycles. The Morgan fingerprint density at radius 3 is 2.74 bits per heavy atom. The topological polar surface area (TPSA) is 130 Å². The fourth-order valence-corrected chi connectivity index (χ4v) is 4.78. The molecule has 0 radical (unpaired) electrons. The van der Waals surface area contributed by atoms with E-state index >= 15 is 0 Å². The van der Waals surface area contributed by atoms with Crippen LogP contribution in [-0.4, -0.2) is 29.6 Å². The molecule has 0 fully saturated rings. The molecule has 0 bridgehead atoms. The number of hydrogen-bond acceptors (Lipinski definition) is 8. The van der Waals surface area contributed by atoms with Crippen molar-refractivity contribution in [2.45, 2.75) is 26.4 Å². The zero-order valence-electron chi connectivity index (χ0n) is 23.0. The number of carbonyl (C=O) groups excluding carboxylic acids is 1. The summed E-state index contributed by atoms with van der Waals surface area (Å²) in [6.07, 6.45) is 3.06. The maximum atomic E-state index is 13.6. The normalized spacial score (nSPS) is 15.6. The van der Waals surface area contributed by atoms with E-state index in [1.807, 2.05) is 55.5 Å². The van der Waals surface area contributed by atoms with Crippen molar-refractivity contribution >= 4 is 46.8 Å². The van der Waals surface area contributed by atoms with E-state index in [9.17, 15) is 9.18 Å². The summed E-state index contributed by atoms with van der Waals surface area (Å²) in [7, 11) is 0. The zero-order valence-corrected chi connectivity index (χ0v) is 23.7. The predicted octanol–water partition coefficient (Wildman–Crippen LogP) is 5.54. The Kier molecular flexibility index (Phi) is 8.63. The average Bonchev–Trinajstić information content (AvgIpc) is 3.36. The van der Waals surface area contributed by atoms with Crippen LogP contribution in [-0.2, 0) is 11.3 Å². The number of rotatable bonds is 8. The van der Waals surface area contributed by atoms with Crippen molar-refractivity contribution in [2.75, 3.05) is 11.9 Å². The van der Waals surface area contributed by atoms with Gasteiger partial charge in [0, 0.05) is 46.9 Å². The number of nitrogens with one attached hydrogen (secondary N) is 3. The van der Waals surface area contributed by atoms with Crippen molar-refractivity contribution in [3.63, 3.8) is 0 Å². The Morgan fingerprint density at radius 1 is 1.17 bits per heavy atom. The van der Waals surface area contributed by atoms with Gasteiger partial charge in [-0.05, 0) is 43.2 Å². The van der Waals surface area contributed by atoms with Crippen molar-refractivity contribution in [3.8, 4) is 0 Å². The maximum Gasteiger partial charge on any atom is 0.302 e. The van der Waals surface area contributed by atoms with Gasteiger partial charge in [0.15, 0.2) is 5.58 Å². The molecule has 0 aliphatic carbocycles. The Labute approximate surface area is 247 Å². The lowest BCUT2D eigenvalue weighted by molar-refractivity contribution is -0.117. The van der Waals surface area contributed by atoms with Crippen LogP contribution in [0.3, 0.4) is 0 Å². The summed E-state index contributed by atoms with van der Waals surface area (Å²) >= 11 is 6.64. The van der Waals surface area contributed by atoms with Crippen molar-refractivity contribution < 1.29 is 13.6 Å². The molecule has 214 valence electrons. The van der Waals surface area contributed by atoms with Crippen LogP contribution in [0.1, 0.15) is 29.7 Å². The van der Waals surface area contributed by atoms with E-state index in [4.69, 9.17) is 26.7 Å². The number of benzene rings is 3. The second kappa shape index (κ2) is 12.7. The molecule has 1 atom stereocenters. The quantitative estimate of drug-likeness (QED) is 0.201. The predicted molar refractivity (Wildman–Crippen MR) is 164 cm³/mol. The number of halogens is 2. The number of oxazole rings is 1. The number of aliphatic imine (C=N–C) groups is 2. The number of carbonyl (C=O) groups is 1. The van der Waals surface area contributed by atoms with Gasteiger partial charge < -0.3 is 20.8 Å². The number of nitrogens with two attached hydrogens (primary N) is 1. The third-order valence-corrected chi connectivity index (χ3v) is 6.88. The van der Waals surface area contributed by atoms with Crippen LogP contribution in [0.15, 0.2) is 104 Å². The van der Waals surface area contributed by atoms with Crippen LogP contribution in [0.4, 0.5) is 10.4 Å². The van der Waals surface area contributed by atoms with Gasteiger partial charge in [-0.1, -0.05) is 54.1 Å². The highest BCUT2D eigenvalue weighted by Crippen LogP contribution is 2.35. The van der Waals surface area contributed by atoms with Crippen LogP contribution in [0.2, 0.25) is 5.02 Å². The lowest BCUT2D eigenvalue weighted by Gasteiger charge is -2.27. The number of allylic oxidation sites excluding steroid dienone is 1. The number of aromatic nitrogens is 1. The minimum atomic E-state index is -0.749. The molecule has 5 N–H and O–H groups in total. The number of nitrogens with zero attached hydrogens (tertiary/aromatic N) is 3. The zero-order chi connectivity index (χ0) is 29.6. The minimum Gasteiger partial charge on any atom is -0.423 e. The van der Waals surface area contributed by atoms with E-state index in [-0.39, 0.29) is 30.0 Å². The molecule has 42 heavy (non-hydrogen) atoms. The van der Waals surface area contributed by atoms with Gasteiger partial charge >= 0.3 is 6.01 Å². The number of fused-ring (bicyclic) bond motifs is 1. The first-order valence-electron chi connectivity index (χ1n) is 13.2. The van der Waals surface area contributed by atoms with Gasteiger partial charge in [-0.3, -0.25) is 15.1 Å². The van der Waals surface area contributed by atoms with Gasteiger partial charge in [-0.15, -0.1) is 0 Å². The molecule has 1 aromatic heterocycles. The molecule has 0 spiro atoms. The molecule has 4 aromatic rings. The number of hydrogen-bond donors (Lipinski definition) is 4. The highest BCUT2D eigenvalue weighted by molar-refractivity contribution is 6.31. The van der Waals surface area contributed by atoms with Crippen LogP contribution in [0, 0.1) is 12.7 Å². The van der Waals surface area contributed by atoms with E-state index in [0.29, 0.717) is 39.5 Å². The van der Waals surface area contributed by atoms with Gasteiger partial charge in [-0.2, -0.15) is 4.98 Å². The smallest absolute Gasteiger partial charge is 0.302 e. The van der Waals surface area contributed by atoms with Crippen LogP contribution in [0.25, 0.3) is 11.1 Å². The number of aryl methyl sites for hydroxylation is 1. The van der Waals surface area contributed by atoms with Crippen molar-refractivity contribution in [2.24, 2.45) is 15.7 Å². The second-order valence-corrected chi connectivity index (χ2v) is 10.1. The Bertz CT molecular complexity index is 1740. The van der Waals surface area contributed by atoms with Gasteiger partial charge in [0.2, 0.25) is 5.96 Å². The first-order valence-corrected chi connectivity index (χ1v) is 13.6. The first-order chi connectivity index (χ1) is 20.3. The number of guanidine groups is 1. The summed E-state index contributed by atoms with van der Waals surface area (Å²) in [5.74, 6) is -0.497. The minimum absolute atomic E-state index is 0.115. The summed E-state index contributed by atoms with van der Waals surface area (Å²) in [5, 5.41) is 9.50. The van der Waals surface area contributed by atoms with Gasteiger partial charge in [-0.25, -0.2) is 9.38 Å². The monoisotopic (exact) mass is 585 g/mol. The van der Waals surface area contributed by atoms with Crippen molar-refractivity contribution in [1.29, 1.82) is 0 Å². The van der Waals surface area contributed by atoms with E-state index in [1.54, 1.807) is 13.1 Å². The summed E-state index contributed by atoms with van der Waals surface area (Å²) in [5.41, 5.74) is 10.8. The SMILES string of the molecule is CC1=C(C(=O)NCC(C=NCc2ccccc2)=CN)C(c2ccc(C)cc2Cl)N=C(Nc2nc3ccc(F)cc3o2)N1. The van der Waals surface area contributed by atoms with E-state index < -0.39 is 11.9 Å². The third kappa shape index (κ3) is 6.67. The first kappa shape index (κ1) is 28.6. The summed E-state index contributed by atoms with van der Waals surface area (Å²) < 4.78 is 19.3. The van der Waals surface area contributed by atoms with Crippen molar-refractivity contribution in [3.05, 3.63) is 117 Å². The van der Waals surface area contributed by atoms with E-state index in [2.05, 4.69) is 25.9 Å². The van der Waals surface area contributed by atoms with E-state index in [0.717, 1.165) is 11.1 Å². The Balaban J connectivity index is 1.36. The Morgan fingerprint density at radius 2 is 1.98 bits per heavy atom.